The van der Waals surface area contributed by atoms with E-state index in [1.165, 1.54) is 69.0 Å². The number of aromatic nitrogens is 3. The molecule has 0 fully saturated rings. The maximum absolute atomic E-state index is 14.5. The number of rotatable bonds is 29. The van der Waals surface area contributed by atoms with E-state index in [2.05, 4.69) is 26.3 Å². The SMILES string of the molecule is Cc1cccc2c(OC(=O)N(CCOCCO)CCN(C)C(=O)OCc3ccc(NC(=O)[C@H](C)CC(=O)[C@@H](NC(=O)OCCOCCN4C(=O)C=CC4=O)C(C)C)cc3)cc3c(c12)[C@H](CCl)CN3C(=O)c1cn(-c2ccc(NC(=O)c3ccc(O)cc3)cc2)nn1. The monoisotopic (exact) mass is 1270 g/mol. The van der Waals surface area contributed by atoms with Gasteiger partial charge in [0.2, 0.25) is 5.91 Å². The van der Waals surface area contributed by atoms with E-state index >= 15 is 0 Å². The van der Waals surface area contributed by atoms with Crippen LogP contribution in [0.5, 0.6) is 11.5 Å². The number of aliphatic hydroxyl groups is 1. The number of hydrogen-bond donors (Lipinski definition) is 5. The summed E-state index contributed by atoms with van der Waals surface area (Å²) in [4.78, 5) is 123. The zero-order valence-corrected chi connectivity index (χ0v) is 51.6. The Kier molecular flexibility index (Phi) is 23.3. The van der Waals surface area contributed by atoms with Crippen molar-refractivity contribution in [3.63, 3.8) is 0 Å². The predicted octanol–water partition coefficient (Wildman–Crippen LogP) is 6.97. The largest absolute Gasteiger partial charge is 0.508 e. The van der Waals surface area contributed by atoms with Crippen LogP contribution in [0.4, 0.5) is 31.4 Å². The van der Waals surface area contributed by atoms with Crippen LogP contribution in [0.25, 0.3) is 16.5 Å². The standard InChI is InChI=1S/C64H71ClN10O16/c1-39(2)58(68-62(84)89-32-31-88-29-26-73-54(79)21-22-55(73)80)52(78)33-41(4)59(81)66-45-13-9-42(10-14-45)38-90-63(85)71(5)23-24-72(25-28-87-30-27-76)64(86)91-53-34-51-57(56-40(3)7-6-8-49(53)56)44(35-65)36-74(51)61(83)50-37-75(70-69-50)47-17-15-46(16-18-47)67-60(82)43-11-19-48(77)20-12-43/h6-22,34,37,39,41,44,58,76-77H,23-33,35-36,38H2,1-5H3,(H,66,81)(H,67,82)(H,68,84)/t41-,44-,58+/m1/s1. The molecule has 8 amide bonds. The van der Waals surface area contributed by atoms with Crippen molar-refractivity contribution in [2.24, 2.45) is 11.8 Å². The van der Waals surface area contributed by atoms with Crippen LogP contribution in [-0.4, -0.2) is 185 Å². The number of ether oxygens (including phenoxy) is 5. The minimum atomic E-state index is -0.948. The third-order valence-corrected chi connectivity index (χ3v) is 15.3. The maximum Gasteiger partial charge on any atom is 0.415 e. The van der Waals surface area contributed by atoms with Crippen molar-refractivity contribution >= 4 is 93.0 Å². The van der Waals surface area contributed by atoms with E-state index in [-0.39, 0.29) is 132 Å². The molecule has 2 aliphatic heterocycles. The van der Waals surface area contributed by atoms with E-state index in [0.717, 1.165) is 21.4 Å². The van der Waals surface area contributed by atoms with Gasteiger partial charge in [0.1, 0.15) is 24.7 Å². The highest BCUT2D eigenvalue weighted by molar-refractivity contribution is 6.19. The number of nitrogens with zero attached hydrogens (tertiary/aromatic N) is 7. The number of alkyl carbamates (subject to hydrolysis) is 1. The average molecular weight is 1270 g/mol. The molecule has 6 aromatic rings. The Morgan fingerprint density at radius 2 is 1.48 bits per heavy atom. The van der Waals surface area contributed by atoms with Gasteiger partial charge in [0, 0.05) is 97.9 Å². The first-order chi connectivity index (χ1) is 43.7. The van der Waals surface area contributed by atoms with Gasteiger partial charge in [-0.15, -0.1) is 16.7 Å². The van der Waals surface area contributed by atoms with Crippen LogP contribution < -0.4 is 25.6 Å². The number of alkyl halides is 1. The van der Waals surface area contributed by atoms with Crippen molar-refractivity contribution in [1.82, 2.24) is 35.0 Å². The number of halogens is 1. The number of aliphatic hydroxyl groups excluding tert-OH is 1. The zero-order chi connectivity index (χ0) is 65.3. The van der Waals surface area contributed by atoms with E-state index in [0.29, 0.717) is 39.3 Å². The second kappa shape index (κ2) is 31.6. The van der Waals surface area contributed by atoms with Crippen molar-refractivity contribution in [3.05, 3.63) is 143 Å². The highest BCUT2D eigenvalue weighted by atomic mass is 35.5. The van der Waals surface area contributed by atoms with Crippen molar-refractivity contribution in [1.29, 1.82) is 0 Å². The Labute approximate surface area is 528 Å². The number of phenols is 1. The Morgan fingerprint density at radius 1 is 0.791 bits per heavy atom. The van der Waals surface area contributed by atoms with Crippen molar-refractivity contribution in [2.75, 3.05) is 101 Å². The Balaban J connectivity index is 0.836. The number of phenolic OH excluding ortho intramolecular Hbond substituents is 1. The molecule has 0 saturated heterocycles. The van der Waals surface area contributed by atoms with Gasteiger partial charge >= 0.3 is 18.3 Å². The molecule has 1 aromatic heterocycles. The number of hydrogen-bond acceptors (Lipinski definition) is 18. The lowest BCUT2D eigenvalue weighted by Gasteiger charge is -2.26. The molecule has 480 valence electrons. The lowest BCUT2D eigenvalue weighted by atomic mass is 9.92. The molecule has 0 aliphatic carbocycles. The third kappa shape index (κ3) is 17.6. The summed E-state index contributed by atoms with van der Waals surface area (Å²) in [6, 6.07) is 25.4. The summed E-state index contributed by atoms with van der Waals surface area (Å²) in [5, 5.41) is 36.9. The second-order valence-electron chi connectivity index (χ2n) is 21.9. The lowest BCUT2D eigenvalue weighted by Crippen LogP contribution is -2.45. The number of nitrogens with one attached hydrogen (secondary N) is 3. The Bertz CT molecular complexity index is 3640. The molecule has 8 rings (SSSR count). The van der Waals surface area contributed by atoms with Crippen LogP contribution in [0.15, 0.2) is 115 Å². The molecule has 0 saturated carbocycles. The van der Waals surface area contributed by atoms with E-state index < -0.39 is 53.9 Å². The molecule has 5 N–H and O–H groups in total. The number of carbonyl (C=O) groups is 9. The quantitative estimate of drug-likeness (QED) is 0.0180. The molecule has 2 aliphatic rings. The van der Waals surface area contributed by atoms with Gasteiger partial charge in [-0.3, -0.25) is 33.7 Å². The number of likely N-dealkylation sites (N-methyl/N-ethyl adjacent to an activating group) is 1. The summed E-state index contributed by atoms with van der Waals surface area (Å²) in [5.74, 6) is -3.62. The maximum atomic E-state index is 14.5. The van der Waals surface area contributed by atoms with Crippen LogP contribution in [0, 0.1) is 18.8 Å². The first-order valence-corrected chi connectivity index (χ1v) is 29.8. The van der Waals surface area contributed by atoms with Gasteiger partial charge < -0.3 is 64.5 Å². The zero-order valence-electron chi connectivity index (χ0n) is 50.8. The first-order valence-electron chi connectivity index (χ1n) is 29.3. The normalized spacial score (nSPS) is 14.0. The number of ketones is 1. The third-order valence-electron chi connectivity index (χ3n) is 15.0. The number of benzene rings is 5. The molecule has 27 heteroatoms. The molecule has 26 nitrogen and oxygen atoms in total. The van der Waals surface area contributed by atoms with E-state index in [9.17, 15) is 53.4 Å². The summed E-state index contributed by atoms with van der Waals surface area (Å²) in [6.45, 7) is 6.71. The highest BCUT2D eigenvalue weighted by Gasteiger charge is 2.37. The lowest BCUT2D eigenvalue weighted by molar-refractivity contribution is -0.137. The van der Waals surface area contributed by atoms with Crippen LogP contribution in [0.3, 0.4) is 0 Å². The Morgan fingerprint density at radius 3 is 2.18 bits per heavy atom. The fourth-order valence-electron chi connectivity index (χ4n) is 10.0. The van der Waals surface area contributed by atoms with Gasteiger partial charge in [-0.2, -0.15) is 0 Å². The number of aryl methyl sites for hydroxylation is 1. The molecule has 3 heterocycles. The predicted molar refractivity (Wildman–Crippen MR) is 333 cm³/mol. The topological polar surface area (TPSA) is 320 Å². The van der Waals surface area contributed by atoms with Gasteiger partial charge in [0.15, 0.2) is 11.5 Å². The van der Waals surface area contributed by atoms with Crippen LogP contribution in [-0.2, 0) is 44.7 Å². The summed E-state index contributed by atoms with van der Waals surface area (Å²) in [5.41, 5.74) is 4.53. The number of Topliss-reactive ketones (excluding diaryl/α,β-unsaturated/α-hetero) is 1. The minimum Gasteiger partial charge on any atom is -0.508 e. The minimum absolute atomic E-state index is 0.00604. The average Bonchev–Trinajstić information content (AvgIpc) is 1.63. The summed E-state index contributed by atoms with van der Waals surface area (Å²) in [7, 11) is 1.50. The van der Waals surface area contributed by atoms with Crippen LogP contribution in [0.2, 0.25) is 0 Å². The number of imide groups is 1. The molecule has 0 unspecified atom stereocenters. The van der Waals surface area contributed by atoms with Gasteiger partial charge in [0.05, 0.1) is 63.2 Å². The molecule has 91 heavy (non-hydrogen) atoms. The number of anilines is 3. The Hall–Kier alpha value is -9.76. The molecular weight excluding hydrogens is 1200 g/mol. The van der Waals surface area contributed by atoms with Crippen LogP contribution >= 0.6 is 11.6 Å². The number of fused-ring (bicyclic) bond motifs is 3. The molecule has 0 radical (unpaired) electrons. The van der Waals surface area contributed by atoms with E-state index in [1.54, 1.807) is 75.4 Å². The fourth-order valence-corrected chi connectivity index (χ4v) is 10.3. The highest BCUT2D eigenvalue weighted by Crippen LogP contribution is 2.47. The fraction of sp³-hybridized carbons (Fsp3) is 0.359. The van der Waals surface area contributed by atoms with E-state index in [1.807, 2.05) is 25.1 Å². The summed E-state index contributed by atoms with van der Waals surface area (Å²) >= 11 is 6.63. The molecule has 0 spiro atoms. The van der Waals surface area contributed by atoms with E-state index in [4.69, 9.17) is 35.3 Å². The number of aromatic hydroxyl groups is 1. The molecule has 0 bridgehead atoms. The van der Waals surface area contributed by atoms with Gasteiger partial charge in [0.25, 0.3) is 23.6 Å². The second-order valence-corrected chi connectivity index (χ2v) is 22.2. The first kappa shape index (κ1) is 67.2. The van der Waals surface area contributed by atoms with Crippen molar-refractivity contribution < 1.29 is 77.0 Å². The smallest absolute Gasteiger partial charge is 0.415 e. The van der Waals surface area contributed by atoms with Crippen LogP contribution in [0.1, 0.15) is 70.6 Å². The van der Waals surface area contributed by atoms with Gasteiger partial charge in [-0.25, -0.2) is 19.1 Å². The van der Waals surface area contributed by atoms with Gasteiger partial charge in [-0.05, 0) is 95.6 Å². The number of carbonyl (C=O) groups excluding carboxylic acids is 9. The molecular formula is C64H71ClN10O16. The molecule has 3 atom stereocenters. The van der Waals surface area contributed by atoms with Gasteiger partial charge in [-0.1, -0.05) is 56.3 Å². The van der Waals surface area contributed by atoms with Crippen molar-refractivity contribution in [3.8, 4) is 17.2 Å². The summed E-state index contributed by atoms with van der Waals surface area (Å²) in [6.07, 6.45) is 1.29. The van der Waals surface area contributed by atoms with Crippen molar-refractivity contribution in [2.45, 2.75) is 52.7 Å². The molecule has 5 aromatic carbocycles. The number of amides is 8. The summed E-state index contributed by atoms with van der Waals surface area (Å²) < 4.78 is 29.3.